The molecule has 0 aliphatic carbocycles. The van der Waals surface area contributed by atoms with Gasteiger partial charge in [0.05, 0.1) is 22.9 Å². The molecule has 2 heterocycles. The second-order valence-electron chi connectivity index (χ2n) is 3.60. The Morgan fingerprint density at radius 3 is 2.93 bits per heavy atom. The number of aromatic nitrogens is 2. The molecule has 5 nitrogen and oxygen atoms in total. The minimum absolute atomic E-state index is 0.0117. The first-order valence-electron chi connectivity index (χ1n) is 4.56. The Bertz CT molecular complexity index is 398. The molecule has 0 saturated carbocycles. The Labute approximate surface area is 82.8 Å². The smallest absolute Gasteiger partial charge is 0.154 e. The molecule has 2 atom stereocenters. The summed E-state index contributed by atoms with van der Waals surface area (Å²) < 4.78 is 22.9. The fourth-order valence-electron chi connectivity index (χ4n) is 1.70. The van der Waals surface area contributed by atoms with Crippen LogP contribution in [0.15, 0.2) is 12.4 Å². The lowest BCUT2D eigenvalue weighted by molar-refractivity contribution is 0.590. The van der Waals surface area contributed by atoms with Gasteiger partial charge in [-0.3, -0.25) is 5.10 Å². The summed E-state index contributed by atoms with van der Waals surface area (Å²) in [6.07, 6.45) is 4.05. The lowest BCUT2D eigenvalue weighted by atomic mass is 10.2. The predicted octanol–water partition coefficient (Wildman–Crippen LogP) is 0.397. The van der Waals surface area contributed by atoms with Crippen molar-refractivity contribution in [2.75, 3.05) is 11.1 Å². The maximum Gasteiger partial charge on any atom is 0.154 e. The molecule has 0 amide bonds. The Balaban J connectivity index is 2.08. The van der Waals surface area contributed by atoms with E-state index in [1.807, 2.05) is 0 Å². The van der Waals surface area contributed by atoms with Crippen LogP contribution < -0.4 is 5.32 Å². The van der Waals surface area contributed by atoms with Crippen molar-refractivity contribution < 1.29 is 8.42 Å². The highest BCUT2D eigenvalue weighted by Gasteiger charge is 2.36. The van der Waals surface area contributed by atoms with Crippen LogP contribution in [0.2, 0.25) is 0 Å². The summed E-state index contributed by atoms with van der Waals surface area (Å²) in [4.78, 5) is 0. The maximum absolute atomic E-state index is 11.4. The first kappa shape index (κ1) is 9.51. The standard InChI is InChI=1S/C8H13N3O2S/c1-6-8(2-3-14(6,12)13)11-7-4-9-10-5-7/h4-6,8,11H,2-3H2,1H3,(H,9,10). The highest BCUT2D eigenvalue weighted by atomic mass is 32.2. The third-order valence-corrected chi connectivity index (χ3v) is 4.96. The van der Waals surface area contributed by atoms with Gasteiger partial charge in [0.25, 0.3) is 0 Å². The van der Waals surface area contributed by atoms with Crippen molar-refractivity contribution in [2.45, 2.75) is 24.6 Å². The summed E-state index contributed by atoms with van der Waals surface area (Å²) >= 11 is 0. The average Bonchev–Trinajstić information content (AvgIpc) is 2.70. The van der Waals surface area contributed by atoms with Crippen LogP contribution in [0, 0.1) is 0 Å². The van der Waals surface area contributed by atoms with Crippen LogP contribution in [0.4, 0.5) is 5.69 Å². The molecular formula is C8H13N3O2S. The minimum Gasteiger partial charge on any atom is -0.378 e. The molecule has 0 spiro atoms. The molecule has 0 bridgehead atoms. The number of sulfone groups is 1. The highest BCUT2D eigenvalue weighted by Crippen LogP contribution is 2.23. The monoisotopic (exact) mass is 215 g/mol. The predicted molar refractivity (Wildman–Crippen MR) is 53.9 cm³/mol. The number of nitrogens with one attached hydrogen (secondary N) is 2. The van der Waals surface area contributed by atoms with Gasteiger partial charge in [-0.2, -0.15) is 5.10 Å². The number of nitrogens with zero attached hydrogens (tertiary/aromatic N) is 1. The summed E-state index contributed by atoms with van der Waals surface area (Å²) in [7, 11) is -2.87. The summed E-state index contributed by atoms with van der Waals surface area (Å²) in [5, 5.41) is 9.31. The van der Waals surface area contributed by atoms with Crippen LogP contribution in [0.25, 0.3) is 0 Å². The van der Waals surface area contributed by atoms with Crippen molar-refractivity contribution >= 4 is 15.5 Å². The number of aromatic amines is 1. The largest absolute Gasteiger partial charge is 0.378 e. The molecular weight excluding hydrogens is 202 g/mol. The van der Waals surface area contributed by atoms with E-state index in [1.54, 1.807) is 19.3 Å². The van der Waals surface area contributed by atoms with Crippen LogP contribution in [0.3, 0.4) is 0 Å². The van der Waals surface area contributed by atoms with E-state index in [-0.39, 0.29) is 17.0 Å². The summed E-state index contributed by atoms with van der Waals surface area (Å²) in [5.74, 6) is 0.281. The molecule has 1 aliphatic heterocycles. The lowest BCUT2D eigenvalue weighted by Gasteiger charge is -2.15. The van der Waals surface area contributed by atoms with Gasteiger partial charge in [-0.05, 0) is 13.3 Å². The van der Waals surface area contributed by atoms with E-state index in [4.69, 9.17) is 0 Å². The Morgan fingerprint density at radius 2 is 2.43 bits per heavy atom. The zero-order valence-electron chi connectivity index (χ0n) is 7.90. The molecule has 2 rings (SSSR count). The molecule has 1 saturated heterocycles. The molecule has 14 heavy (non-hydrogen) atoms. The van der Waals surface area contributed by atoms with E-state index < -0.39 is 9.84 Å². The van der Waals surface area contributed by atoms with E-state index in [2.05, 4.69) is 15.5 Å². The van der Waals surface area contributed by atoms with E-state index in [9.17, 15) is 8.42 Å². The van der Waals surface area contributed by atoms with Gasteiger partial charge in [-0.25, -0.2) is 8.42 Å². The highest BCUT2D eigenvalue weighted by molar-refractivity contribution is 7.92. The number of hydrogen-bond donors (Lipinski definition) is 2. The molecule has 1 fully saturated rings. The maximum atomic E-state index is 11.4. The summed E-state index contributed by atoms with van der Waals surface area (Å²) in [5.41, 5.74) is 0.846. The van der Waals surface area contributed by atoms with Gasteiger partial charge < -0.3 is 5.32 Å². The lowest BCUT2D eigenvalue weighted by Crippen LogP contribution is -2.29. The van der Waals surface area contributed by atoms with Crippen molar-refractivity contribution in [2.24, 2.45) is 0 Å². The summed E-state index contributed by atoms with van der Waals surface area (Å²) in [6.45, 7) is 1.75. The normalized spacial score (nSPS) is 30.4. The zero-order chi connectivity index (χ0) is 10.2. The first-order chi connectivity index (χ1) is 6.59. The minimum atomic E-state index is -2.87. The van der Waals surface area contributed by atoms with Gasteiger partial charge >= 0.3 is 0 Å². The van der Waals surface area contributed by atoms with Crippen LogP contribution in [-0.2, 0) is 9.84 Å². The van der Waals surface area contributed by atoms with E-state index in [0.29, 0.717) is 6.42 Å². The van der Waals surface area contributed by atoms with Crippen LogP contribution in [0.5, 0.6) is 0 Å². The molecule has 0 aromatic carbocycles. The van der Waals surface area contributed by atoms with Crippen molar-refractivity contribution in [1.29, 1.82) is 0 Å². The molecule has 0 radical (unpaired) electrons. The van der Waals surface area contributed by atoms with Gasteiger partial charge in [0.1, 0.15) is 0 Å². The number of hydrogen-bond acceptors (Lipinski definition) is 4. The third kappa shape index (κ3) is 1.61. The van der Waals surface area contributed by atoms with Crippen molar-refractivity contribution in [3.63, 3.8) is 0 Å². The van der Waals surface area contributed by atoms with Gasteiger partial charge in [-0.15, -0.1) is 0 Å². The SMILES string of the molecule is CC1C(Nc2cn[nH]c2)CCS1(=O)=O. The third-order valence-electron chi connectivity index (χ3n) is 2.70. The Kier molecular flexibility index (Phi) is 2.22. The topological polar surface area (TPSA) is 74.8 Å². The molecule has 2 N–H and O–H groups in total. The Morgan fingerprint density at radius 1 is 1.64 bits per heavy atom. The van der Waals surface area contributed by atoms with Gasteiger partial charge in [0, 0.05) is 12.2 Å². The van der Waals surface area contributed by atoms with Crippen LogP contribution >= 0.6 is 0 Å². The van der Waals surface area contributed by atoms with E-state index in [1.165, 1.54) is 0 Å². The molecule has 6 heteroatoms. The molecule has 1 aromatic heterocycles. The molecule has 2 unspecified atom stereocenters. The van der Waals surface area contributed by atoms with E-state index >= 15 is 0 Å². The van der Waals surface area contributed by atoms with Crippen LogP contribution in [0.1, 0.15) is 13.3 Å². The van der Waals surface area contributed by atoms with Crippen molar-refractivity contribution in [3.05, 3.63) is 12.4 Å². The zero-order valence-corrected chi connectivity index (χ0v) is 8.71. The number of rotatable bonds is 2. The first-order valence-corrected chi connectivity index (χ1v) is 6.28. The van der Waals surface area contributed by atoms with Crippen molar-refractivity contribution in [3.8, 4) is 0 Å². The molecule has 78 valence electrons. The quantitative estimate of drug-likeness (QED) is 0.748. The summed E-state index contributed by atoms with van der Waals surface area (Å²) in [6, 6.07) is 0.0117. The second-order valence-corrected chi connectivity index (χ2v) is 6.08. The fraction of sp³-hybridized carbons (Fsp3) is 0.625. The van der Waals surface area contributed by atoms with Crippen molar-refractivity contribution in [1.82, 2.24) is 10.2 Å². The molecule has 1 aliphatic rings. The average molecular weight is 215 g/mol. The van der Waals surface area contributed by atoms with Gasteiger partial charge in [-0.1, -0.05) is 0 Å². The number of anilines is 1. The van der Waals surface area contributed by atoms with E-state index in [0.717, 1.165) is 5.69 Å². The Hall–Kier alpha value is -1.04. The second kappa shape index (κ2) is 3.27. The number of H-pyrrole nitrogens is 1. The van der Waals surface area contributed by atoms with Gasteiger partial charge in [0.2, 0.25) is 0 Å². The van der Waals surface area contributed by atoms with Gasteiger partial charge in [0.15, 0.2) is 9.84 Å². The van der Waals surface area contributed by atoms with Crippen LogP contribution in [-0.4, -0.2) is 35.7 Å². The fourth-order valence-corrected chi connectivity index (χ4v) is 3.35. The molecule has 1 aromatic rings.